The van der Waals surface area contributed by atoms with Gasteiger partial charge in [-0.1, -0.05) is 37.5 Å². The highest BCUT2D eigenvalue weighted by Crippen LogP contribution is 2.38. The molecule has 3 unspecified atom stereocenters. The van der Waals surface area contributed by atoms with Crippen molar-refractivity contribution in [3.8, 4) is 0 Å². The van der Waals surface area contributed by atoms with Gasteiger partial charge in [-0.05, 0) is 36.3 Å². The standard InChI is InChI=1S/C18H24N2O/c21-18(16-11-19-17-8-4-3-7-15(16)17)20-10-9-13-5-1-2-6-14(13)12-20/h3-4,7-8,13-14,16,19H,1-2,5-6,9-12H2. The minimum Gasteiger partial charge on any atom is -0.384 e. The molecule has 1 saturated heterocycles. The summed E-state index contributed by atoms with van der Waals surface area (Å²) in [4.78, 5) is 15.1. The van der Waals surface area contributed by atoms with Crippen LogP contribution in [0.3, 0.4) is 0 Å². The SMILES string of the molecule is O=C(C1CNc2ccccc21)N1CCC2CCCCC2C1. The summed E-state index contributed by atoms with van der Waals surface area (Å²) in [7, 11) is 0. The number of likely N-dealkylation sites (tertiary alicyclic amines) is 1. The predicted molar refractivity (Wildman–Crippen MR) is 84.3 cm³/mol. The predicted octanol–water partition coefficient (Wildman–Crippen LogP) is 3.23. The van der Waals surface area contributed by atoms with Gasteiger partial charge in [-0.3, -0.25) is 4.79 Å². The summed E-state index contributed by atoms with van der Waals surface area (Å²) in [5.41, 5.74) is 2.33. The van der Waals surface area contributed by atoms with Crippen LogP contribution < -0.4 is 5.32 Å². The molecule has 1 aromatic carbocycles. The number of hydrogen-bond donors (Lipinski definition) is 1. The molecule has 3 aliphatic rings. The van der Waals surface area contributed by atoms with Crippen LogP contribution in [0.2, 0.25) is 0 Å². The first-order valence-corrected chi connectivity index (χ1v) is 8.44. The van der Waals surface area contributed by atoms with Crippen LogP contribution in [-0.2, 0) is 4.79 Å². The van der Waals surface area contributed by atoms with Gasteiger partial charge in [-0.15, -0.1) is 0 Å². The molecule has 2 fully saturated rings. The molecule has 1 N–H and O–H groups in total. The van der Waals surface area contributed by atoms with Crippen LogP contribution in [0.25, 0.3) is 0 Å². The van der Waals surface area contributed by atoms with Crippen molar-refractivity contribution in [2.24, 2.45) is 11.8 Å². The molecule has 0 aromatic heterocycles. The molecule has 1 amide bonds. The molecule has 112 valence electrons. The van der Waals surface area contributed by atoms with Crippen molar-refractivity contribution in [1.82, 2.24) is 4.90 Å². The van der Waals surface area contributed by atoms with E-state index in [9.17, 15) is 4.79 Å². The molecule has 2 heterocycles. The number of hydrogen-bond acceptors (Lipinski definition) is 2. The number of nitrogens with zero attached hydrogens (tertiary/aromatic N) is 1. The lowest BCUT2D eigenvalue weighted by Crippen LogP contribution is -2.46. The summed E-state index contributed by atoms with van der Waals surface area (Å²) in [6.45, 7) is 2.74. The number of fused-ring (bicyclic) bond motifs is 2. The lowest BCUT2D eigenvalue weighted by molar-refractivity contribution is -0.135. The molecule has 2 aliphatic heterocycles. The summed E-state index contributed by atoms with van der Waals surface area (Å²) in [6, 6.07) is 8.26. The van der Waals surface area contributed by atoms with Crippen LogP contribution in [0.4, 0.5) is 5.69 Å². The normalized spacial score (nSPS) is 31.2. The van der Waals surface area contributed by atoms with Crippen LogP contribution in [0.5, 0.6) is 0 Å². The van der Waals surface area contributed by atoms with Crippen molar-refractivity contribution in [2.45, 2.75) is 38.0 Å². The number of amides is 1. The van der Waals surface area contributed by atoms with Crippen molar-refractivity contribution < 1.29 is 4.79 Å². The van der Waals surface area contributed by atoms with Crippen molar-refractivity contribution in [2.75, 3.05) is 25.0 Å². The first-order valence-electron chi connectivity index (χ1n) is 8.44. The fourth-order valence-corrected chi connectivity index (χ4v) is 4.53. The molecule has 3 nitrogen and oxygen atoms in total. The number of para-hydroxylation sites is 1. The molecule has 1 aliphatic carbocycles. The Kier molecular flexibility index (Phi) is 3.36. The van der Waals surface area contributed by atoms with E-state index in [-0.39, 0.29) is 5.92 Å². The number of rotatable bonds is 1. The maximum absolute atomic E-state index is 12.9. The van der Waals surface area contributed by atoms with Gasteiger partial charge in [-0.25, -0.2) is 0 Å². The zero-order valence-corrected chi connectivity index (χ0v) is 12.6. The highest BCUT2D eigenvalue weighted by molar-refractivity contribution is 5.88. The number of nitrogens with one attached hydrogen (secondary N) is 1. The Bertz CT molecular complexity index is 542. The number of piperidine rings is 1. The fraction of sp³-hybridized carbons (Fsp3) is 0.611. The third-order valence-electron chi connectivity index (χ3n) is 5.73. The number of benzene rings is 1. The smallest absolute Gasteiger partial charge is 0.231 e. The van der Waals surface area contributed by atoms with Gasteiger partial charge >= 0.3 is 0 Å². The lowest BCUT2D eigenvalue weighted by Gasteiger charge is -2.42. The van der Waals surface area contributed by atoms with E-state index in [0.717, 1.165) is 37.2 Å². The van der Waals surface area contributed by atoms with Gasteiger partial charge in [-0.2, -0.15) is 0 Å². The zero-order valence-electron chi connectivity index (χ0n) is 12.6. The summed E-state index contributed by atoms with van der Waals surface area (Å²) in [5.74, 6) is 2.02. The first-order chi connectivity index (χ1) is 10.3. The van der Waals surface area contributed by atoms with Crippen molar-refractivity contribution in [3.05, 3.63) is 29.8 Å². The summed E-state index contributed by atoms with van der Waals surface area (Å²) < 4.78 is 0. The molecule has 3 heteroatoms. The van der Waals surface area contributed by atoms with Crippen molar-refractivity contribution >= 4 is 11.6 Å². The van der Waals surface area contributed by atoms with Crippen LogP contribution in [-0.4, -0.2) is 30.4 Å². The maximum atomic E-state index is 12.9. The Morgan fingerprint density at radius 1 is 1.10 bits per heavy atom. The molecule has 21 heavy (non-hydrogen) atoms. The number of anilines is 1. The van der Waals surface area contributed by atoms with Gasteiger partial charge in [0.1, 0.15) is 0 Å². The highest BCUT2D eigenvalue weighted by atomic mass is 16.2. The van der Waals surface area contributed by atoms with Gasteiger partial charge < -0.3 is 10.2 Å². The number of carbonyl (C=O) groups is 1. The topological polar surface area (TPSA) is 32.3 Å². The summed E-state index contributed by atoms with van der Waals surface area (Å²) in [5, 5.41) is 3.38. The van der Waals surface area contributed by atoms with Gasteiger partial charge in [0.15, 0.2) is 0 Å². The summed E-state index contributed by atoms with van der Waals surface area (Å²) in [6.07, 6.45) is 6.69. The van der Waals surface area contributed by atoms with Gasteiger partial charge in [0.05, 0.1) is 5.92 Å². The van der Waals surface area contributed by atoms with E-state index < -0.39 is 0 Å². The maximum Gasteiger partial charge on any atom is 0.231 e. The first kappa shape index (κ1) is 13.2. The van der Waals surface area contributed by atoms with Gasteiger partial charge in [0, 0.05) is 25.3 Å². The average Bonchev–Trinajstić information content (AvgIpc) is 2.98. The summed E-state index contributed by atoms with van der Waals surface area (Å²) >= 11 is 0. The Labute approximate surface area is 126 Å². The lowest BCUT2D eigenvalue weighted by atomic mass is 9.75. The van der Waals surface area contributed by atoms with E-state index >= 15 is 0 Å². The fourth-order valence-electron chi connectivity index (χ4n) is 4.53. The highest BCUT2D eigenvalue weighted by Gasteiger charge is 2.37. The Morgan fingerprint density at radius 3 is 2.81 bits per heavy atom. The van der Waals surface area contributed by atoms with Crippen LogP contribution >= 0.6 is 0 Å². The molecular formula is C18H24N2O. The molecule has 0 spiro atoms. The Morgan fingerprint density at radius 2 is 1.90 bits per heavy atom. The van der Waals surface area contributed by atoms with E-state index in [0.29, 0.717) is 5.91 Å². The largest absolute Gasteiger partial charge is 0.384 e. The molecule has 1 aromatic rings. The Hall–Kier alpha value is -1.51. The molecule has 3 atom stereocenters. The Balaban J connectivity index is 1.48. The molecule has 0 bridgehead atoms. The third-order valence-corrected chi connectivity index (χ3v) is 5.73. The molecule has 0 radical (unpaired) electrons. The second-order valence-corrected chi connectivity index (χ2v) is 6.90. The minimum absolute atomic E-state index is 0.0290. The minimum atomic E-state index is 0.0290. The molecule has 1 saturated carbocycles. The number of carbonyl (C=O) groups excluding carboxylic acids is 1. The van der Waals surface area contributed by atoms with E-state index in [1.54, 1.807) is 0 Å². The average molecular weight is 284 g/mol. The van der Waals surface area contributed by atoms with E-state index in [1.807, 2.05) is 12.1 Å². The third kappa shape index (κ3) is 2.33. The second kappa shape index (κ2) is 5.36. The van der Waals surface area contributed by atoms with Crippen LogP contribution in [0.1, 0.15) is 43.6 Å². The zero-order chi connectivity index (χ0) is 14.2. The monoisotopic (exact) mass is 284 g/mol. The van der Waals surface area contributed by atoms with Gasteiger partial charge in [0.2, 0.25) is 5.91 Å². The van der Waals surface area contributed by atoms with Crippen molar-refractivity contribution in [3.63, 3.8) is 0 Å². The van der Waals surface area contributed by atoms with E-state index in [2.05, 4.69) is 22.3 Å². The second-order valence-electron chi connectivity index (χ2n) is 6.90. The molecular weight excluding hydrogens is 260 g/mol. The van der Waals surface area contributed by atoms with E-state index in [4.69, 9.17) is 0 Å². The van der Waals surface area contributed by atoms with Crippen molar-refractivity contribution in [1.29, 1.82) is 0 Å². The quantitative estimate of drug-likeness (QED) is 0.858. The van der Waals surface area contributed by atoms with Crippen LogP contribution in [0.15, 0.2) is 24.3 Å². The molecule has 4 rings (SSSR count). The van der Waals surface area contributed by atoms with E-state index in [1.165, 1.54) is 37.7 Å². The van der Waals surface area contributed by atoms with Gasteiger partial charge in [0.25, 0.3) is 0 Å². The van der Waals surface area contributed by atoms with Crippen LogP contribution in [0, 0.1) is 11.8 Å².